The number of hydrogen-bond donors (Lipinski definition) is 4. The minimum atomic E-state index is -1.47. The lowest BCUT2D eigenvalue weighted by atomic mass is 10.1. The van der Waals surface area contributed by atoms with Gasteiger partial charge in [-0.25, -0.2) is 4.79 Å². The Morgan fingerprint density at radius 3 is 2.45 bits per heavy atom. The zero-order chi connectivity index (χ0) is 15.2. The van der Waals surface area contributed by atoms with E-state index in [4.69, 9.17) is 9.47 Å². The maximum absolute atomic E-state index is 11.6. The van der Waals surface area contributed by atoms with E-state index in [9.17, 15) is 24.9 Å². The number of rotatable bonds is 8. The van der Waals surface area contributed by atoms with E-state index in [0.29, 0.717) is 0 Å². The Morgan fingerprint density at radius 2 is 2.00 bits per heavy atom. The molecule has 1 aromatic heterocycles. The van der Waals surface area contributed by atoms with Crippen molar-refractivity contribution >= 4 is 0 Å². The average molecular weight is 290 g/mol. The molecule has 20 heavy (non-hydrogen) atoms. The van der Waals surface area contributed by atoms with Crippen molar-refractivity contribution in [3.05, 3.63) is 33.1 Å². The SMILES string of the molecule is COCC(CO)(CO)O[C@H](CO)n1ccc(=O)[nH]c1=O. The number of aliphatic hydroxyl groups excluding tert-OH is 3. The van der Waals surface area contributed by atoms with Gasteiger partial charge in [0.25, 0.3) is 5.56 Å². The van der Waals surface area contributed by atoms with Gasteiger partial charge in [0.1, 0.15) is 5.60 Å². The monoisotopic (exact) mass is 290 g/mol. The third-order valence-corrected chi connectivity index (χ3v) is 2.69. The second-order valence-electron chi connectivity index (χ2n) is 4.20. The van der Waals surface area contributed by atoms with Crippen LogP contribution in [0.5, 0.6) is 0 Å². The van der Waals surface area contributed by atoms with E-state index in [1.165, 1.54) is 7.11 Å². The molecular formula is C11H18N2O7. The number of aliphatic hydroxyl groups is 3. The molecule has 0 radical (unpaired) electrons. The molecule has 114 valence electrons. The van der Waals surface area contributed by atoms with Crippen LogP contribution < -0.4 is 11.2 Å². The van der Waals surface area contributed by atoms with E-state index in [2.05, 4.69) is 0 Å². The average Bonchev–Trinajstić information content (AvgIpc) is 2.44. The quantitative estimate of drug-likeness (QED) is 0.413. The van der Waals surface area contributed by atoms with Gasteiger partial charge in [0.15, 0.2) is 6.23 Å². The Labute approximate surface area is 114 Å². The minimum Gasteiger partial charge on any atom is -0.393 e. The van der Waals surface area contributed by atoms with E-state index in [0.717, 1.165) is 16.8 Å². The van der Waals surface area contributed by atoms with Gasteiger partial charge >= 0.3 is 5.69 Å². The van der Waals surface area contributed by atoms with Crippen molar-refractivity contribution in [1.82, 2.24) is 9.55 Å². The van der Waals surface area contributed by atoms with Crippen molar-refractivity contribution in [1.29, 1.82) is 0 Å². The third-order valence-electron chi connectivity index (χ3n) is 2.69. The van der Waals surface area contributed by atoms with Crippen LogP contribution in [0, 0.1) is 0 Å². The van der Waals surface area contributed by atoms with Gasteiger partial charge < -0.3 is 24.8 Å². The molecule has 0 saturated heterocycles. The molecule has 0 aliphatic heterocycles. The first-order valence-corrected chi connectivity index (χ1v) is 5.82. The molecule has 0 fully saturated rings. The van der Waals surface area contributed by atoms with Crippen molar-refractivity contribution < 1.29 is 24.8 Å². The van der Waals surface area contributed by atoms with E-state index in [-0.39, 0.29) is 6.61 Å². The maximum atomic E-state index is 11.6. The van der Waals surface area contributed by atoms with Crippen LogP contribution in [-0.2, 0) is 9.47 Å². The van der Waals surface area contributed by atoms with Crippen molar-refractivity contribution in [3.63, 3.8) is 0 Å². The van der Waals surface area contributed by atoms with Gasteiger partial charge in [-0.3, -0.25) is 14.3 Å². The van der Waals surface area contributed by atoms with Gasteiger partial charge in [-0.2, -0.15) is 0 Å². The Morgan fingerprint density at radius 1 is 1.35 bits per heavy atom. The Kier molecular flexibility index (Phi) is 6.05. The van der Waals surface area contributed by atoms with Crippen LogP contribution >= 0.6 is 0 Å². The lowest BCUT2D eigenvalue weighted by Crippen LogP contribution is -2.48. The summed E-state index contributed by atoms with van der Waals surface area (Å²) >= 11 is 0. The molecule has 0 aliphatic carbocycles. The molecular weight excluding hydrogens is 272 g/mol. The summed E-state index contributed by atoms with van der Waals surface area (Å²) in [4.78, 5) is 24.6. The van der Waals surface area contributed by atoms with Crippen LogP contribution in [0.25, 0.3) is 0 Å². The predicted molar refractivity (Wildman–Crippen MR) is 67.3 cm³/mol. The number of methoxy groups -OCH3 is 1. The standard InChI is InChI=1S/C11H18N2O7/c1-19-7-11(5-15,6-16)20-9(4-14)13-3-2-8(17)12-10(13)18/h2-3,9,14-16H,4-7H2,1H3,(H,12,17,18)/t9-/m1/s1. The van der Waals surface area contributed by atoms with Crippen LogP contribution in [-0.4, -0.2) is 64.0 Å². The smallest absolute Gasteiger partial charge is 0.330 e. The second kappa shape index (κ2) is 7.31. The highest BCUT2D eigenvalue weighted by molar-refractivity contribution is 4.86. The van der Waals surface area contributed by atoms with Gasteiger partial charge in [-0.05, 0) is 0 Å². The maximum Gasteiger partial charge on any atom is 0.330 e. The number of nitrogens with one attached hydrogen (secondary N) is 1. The third kappa shape index (κ3) is 3.74. The molecule has 1 heterocycles. The molecule has 9 heteroatoms. The highest BCUT2D eigenvalue weighted by atomic mass is 16.6. The number of aromatic amines is 1. The fourth-order valence-corrected chi connectivity index (χ4v) is 1.64. The lowest BCUT2D eigenvalue weighted by Gasteiger charge is -2.33. The minimum absolute atomic E-state index is 0.144. The van der Waals surface area contributed by atoms with E-state index in [1.807, 2.05) is 4.98 Å². The summed E-state index contributed by atoms with van der Waals surface area (Å²) in [6.07, 6.45) is -0.0391. The highest BCUT2D eigenvalue weighted by Crippen LogP contribution is 2.18. The fourth-order valence-electron chi connectivity index (χ4n) is 1.64. The molecule has 0 amide bonds. The molecule has 1 rings (SSSR count). The molecule has 0 unspecified atom stereocenters. The van der Waals surface area contributed by atoms with Gasteiger partial charge in [-0.1, -0.05) is 0 Å². The number of H-pyrrole nitrogens is 1. The molecule has 1 atom stereocenters. The van der Waals surface area contributed by atoms with E-state index in [1.54, 1.807) is 0 Å². The molecule has 0 aromatic carbocycles. The number of nitrogens with zero attached hydrogens (tertiary/aromatic N) is 1. The number of hydrogen-bond acceptors (Lipinski definition) is 7. The zero-order valence-electron chi connectivity index (χ0n) is 11.0. The summed E-state index contributed by atoms with van der Waals surface area (Å²) in [7, 11) is 1.35. The molecule has 9 nitrogen and oxygen atoms in total. The summed E-state index contributed by atoms with van der Waals surface area (Å²) < 4.78 is 11.2. The lowest BCUT2D eigenvalue weighted by molar-refractivity contribution is -0.199. The first kappa shape index (κ1) is 16.5. The topological polar surface area (TPSA) is 134 Å². The first-order valence-electron chi connectivity index (χ1n) is 5.82. The Hall–Kier alpha value is -1.52. The van der Waals surface area contributed by atoms with Gasteiger partial charge in [0, 0.05) is 19.4 Å². The van der Waals surface area contributed by atoms with Crippen LogP contribution in [0.15, 0.2) is 21.9 Å². The van der Waals surface area contributed by atoms with Gasteiger partial charge in [-0.15, -0.1) is 0 Å². The predicted octanol–water partition coefficient (Wildman–Crippen LogP) is -2.59. The summed E-state index contributed by atoms with van der Waals surface area (Å²) in [5.74, 6) is 0. The second-order valence-corrected chi connectivity index (χ2v) is 4.20. The summed E-state index contributed by atoms with van der Waals surface area (Å²) in [5, 5.41) is 28.0. The Bertz CT molecular complexity index is 520. The van der Waals surface area contributed by atoms with Crippen LogP contribution in [0.3, 0.4) is 0 Å². The largest absolute Gasteiger partial charge is 0.393 e. The van der Waals surface area contributed by atoms with Crippen LogP contribution in [0.1, 0.15) is 6.23 Å². The van der Waals surface area contributed by atoms with Crippen molar-refractivity contribution in [2.45, 2.75) is 11.8 Å². The molecule has 0 saturated carbocycles. The van der Waals surface area contributed by atoms with E-state index >= 15 is 0 Å². The van der Waals surface area contributed by atoms with Gasteiger partial charge in [0.2, 0.25) is 0 Å². The molecule has 0 spiro atoms. The molecule has 0 aliphatic rings. The Balaban J connectivity index is 3.06. The van der Waals surface area contributed by atoms with Crippen LogP contribution in [0.4, 0.5) is 0 Å². The summed E-state index contributed by atoms with van der Waals surface area (Å²) in [5.41, 5.74) is -2.84. The molecule has 4 N–H and O–H groups in total. The van der Waals surface area contributed by atoms with Crippen molar-refractivity contribution in [2.24, 2.45) is 0 Å². The number of aromatic nitrogens is 2. The number of ether oxygens (including phenoxy) is 2. The molecule has 1 aromatic rings. The highest BCUT2D eigenvalue weighted by Gasteiger charge is 2.34. The fraction of sp³-hybridized carbons (Fsp3) is 0.636. The zero-order valence-corrected chi connectivity index (χ0v) is 11.0. The van der Waals surface area contributed by atoms with Crippen LogP contribution in [0.2, 0.25) is 0 Å². The molecule has 0 bridgehead atoms. The summed E-state index contributed by atoms with van der Waals surface area (Å²) in [6.45, 7) is -1.90. The van der Waals surface area contributed by atoms with Gasteiger partial charge in [0.05, 0.1) is 26.4 Å². The normalized spacial score (nSPS) is 13.4. The van der Waals surface area contributed by atoms with E-state index < -0.39 is 42.9 Å². The summed E-state index contributed by atoms with van der Waals surface area (Å²) in [6, 6.07) is 1.09. The van der Waals surface area contributed by atoms with Crippen molar-refractivity contribution in [2.75, 3.05) is 33.5 Å². The first-order chi connectivity index (χ1) is 9.51. The van der Waals surface area contributed by atoms with Crippen molar-refractivity contribution in [3.8, 4) is 0 Å².